The van der Waals surface area contributed by atoms with Crippen LogP contribution < -0.4 is 10.7 Å². The molecule has 0 aliphatic carbocycles. The molecule has 34 heavy (non-hydrogen) atoms. The van der Waals surface area contributed by atoms with E-state index in [0.717, 1.165) is 31.9 Å². The highest BCUT2D eigenvalue weighted by atomic mass is 79.9. The lowest BCUT2D eigenvalue weighted by Gasteiger charge is -2.03. The van der Waals surface area contributed by atoms with Crippen molar-refractivity contribution in [2.75, 3.05) is 0 Å². The van der Waals surface area contributed by atoms with E-state index < -0.39 is 5.91 Å². The lowest BCUT2D eigenvalue weighted by atomic mass is 10.1. The normalized spacial score (nSPS) is 11.4. The molecule has 8 nitrogen and oxygen atoms in total. The summed E-state index contributed by atoms with van der Waals surface area (Å²) in [6.45, 7) is 2.01. The molecule has 3 N–H and O–H groups in total. The summed E-state index contributed by atoms with van der Waals surface area (Å²) in [5, 5.41) is 19.4. The predicted octanol–water partition coefficient (Wildman–Crippen LogP) is 4.76. The smallest absolute Gasteiger partial charge is 0.281 e. The first-order valence-corrected chi connectivity index (χ1v) is 12.6. The zero-order valence-corrected chi connectivity index (χ0v) is 21.4. The summed E-state index contributed by atoms with van der Waals surface area (Å²) in [6, 6.07) is 10.8. The van der Waals surface area contributed by atoms with E-state index in [0.29, 0.717) is 27.6 Å². The Hall–Kier alpha value is -3.28. The highest BCUT2D eigenvalue weighted by Crippen LogP contribution is 2.39. The van der Waals surface area contributed by atoms with Crippen molar-refractivity contribution in [2.45, 2.75) is 13.5 Å². The zero-order valence-electron chi connectivity index (χ0n) is 18.2. The van der Waals surface area contributed by atoms with E-state index in [4.69, 9.17) is 0 Å². The number of benzene rings is 1. The van der Waals surface area contributed by atoms with Gasteiger partial charge in [0.05, 0.1) is 44.5 Å². The molecule has 11 heteroatoms. The molecule has 2 amide bonds. The minimum absolute atomic E-state index is 0.116. The van der Waals surface area contributed by atoms with E-state index >= 15 is 0 Å². The Balaban J connectivity index is 1.38. The Bertz CT molecular complexity index is 1370. The molecule has 0 atom stereocenters. The van der Waals surface area contributed by atoms with Crippen LogP contribution in [-0.2, 0) is 13.6 Å². The molecule has 1 aromatic carbocycles. The quantitative estimate of drug-likeness (QED) is 0.225. The fourth-order valence-corrected chi connectivity index (χ4v) is 5.15. The van der Waals surface area contributed by atoms with Gasteiger partial charge in [0.15, 0.2) is 0 Å². The summed E-state index contributed by atoms with van der Waals surface area (Å²) in [5.41, 5.74) is 5.14. The summed E-state index contributed by atoms with van der Waals surface area (Å²) < 4.78 is 2.75. The molecule has 4 rings (SSSR count). The van der Waals surface area contributed by atoms with Crippen molar-refractivity contribution in [2.24, 2.45) is 12.1 Å². The van der Waals surface area contributed by atoms with Crippen molar-refractivity contribution in [3.05, 3.63) is 79.8 Å². The minimum atomic E-state index is -0.434. The number of amides is 2. The number of aryl methyl sites for hydroxylation is 1. The lowest BCUT2D eigenvalue weighted by molar-refractivity contribution is 0.0949. The van der Waals surface area contributed by atoms with E-state index in [1.165, 1.54) is 11.3 Å². The number of halogens is 1. The minimum Gasteiger partial charge on any atom is -0.506 e. The van der Waals surface area contributed by atoms with Crippen LogP contribution in [0.15, 0.2) is 63.9 Å². The number of imidazole rings is 1. The van der Waals surface area contributed by atoms with Gasteiger partial charge in [0.1, 0.15) is 5.75 Å². The molecule has 0 radical (unpaired) electrons. The molecular weight excluding hydrogens is 538 g/mol. The number of hydrogen-bond donors (Lipinski definition) is 3. The Kier molecular flexibility index (Phi) is 7.25. The first-order chi connectivity index (χ1) is 16.3. The number of nitrogens with zero attached hydrogens (tertiary/aromatic N) is 3. The zero-order chi connectivity index (χ0) is 24.2. The molecule has 0 bridgehead atoms. The molecule has 0 aliphatic heterocycles. The van der Waals surface area contributed by atoms with Gasteiger partial charge >= 0.3 is 0 Å². The average molecular weight is 558 g/mol. The number of hydrogen-bond acceptors (Lipinski definition) is 7. The van der Waals surface area contributed by atoms with Crippen LogP contribution in [0, 0.1) is 0 Å². The van der Waals surface area contributed by atoms with Crippen LogP contribution in [0.4, 0.5) is 0 Å². The van der Waals surface area contributed by atoms with Crippen molar-refractivity contribution in [3.63, 3.8) is 0 Å². The van der Waals surface area contributed by atoms with Crippen LogP contribution in [0.3, 0.4) is 0 Å². The fourth-order valence-electron chi connectivity index (χ4n) is 3.06. The number of carbonyl (C=O) groups is 2. The third kappa shape index (κ3) is 5.44. The molecule has 0 aliphatic rings. The molecular formula is C23H20BrN5O3S2. The molecule has 0 fully saturated rings. The van der Waals surface area contributed by atoms with Crippen molar-refractivity contribution >= 4 is 56.1 Å². The number of aromatic nitrogens is 2. The number of carbonyl (C=O) groups excluding carboxylic acids is 2. The van der Waals surface area contributed by atoms with Gasteiger partial charge in [-0.3, -0.25) is 9.59 Å². The molecule has 174 valence electrons. The molecule has 0 saturated carbocycles. The monoisotopic (exact) mass is 557 g/mol. The SMILES string of the molecule is CC(=NNC(=O)c1ccc(C(=O)NCc2cn(C)cn2)s1)c1csc(-c2ccc(Br)cc2)c1O. The molecule has 0 spiro atoms. The van der Waals surface area contributed by atoms with Gasteiger partial charge in [0.2, 0.25) is 0 Å². The number of aromatic hydroxyl groups is 1. The second-order valence-corrected chi connectivity index (χ2v) is 10.2. The second-order valence-electron chi connectivity index (χ2n) is 7.35. The third-order valence-electron chi connectivity index (χ3n) is 4.83. The van der Waals surface area contributed by atoms with Gasteiger partial charge in [-0.15, -0.1) is 22.7 Å². The summed E-state index contributed by atoms with van der Waals surface area (Å²) in [7, 11) is 1.85. The van der Waals surface area contributed by atoms with Gasteiger partial charge in [0.25, 0.3) is 11.8 Å². The first kappa shape index (κ1) is 23.9. The second kappa shape index (κ2) is 10.3. The van der Waals surface area contributed by atoms with E-state index in [9.17, 15) is 14.7 Å². The maximum atomic E-state index is 12.5. The number of nitrogens with one attached hydrogen (secondary N) is 2. The highest BCUT2D eigenvalue weighted by Gasteiger charge is 2.17. The number of hydrazone groups is 1. The molecule has 0 saturated heterocycles. The van der Waals surface area contributed by atoms with E-state index in [2.05, 4.69) is 36.8 Å². The predicted molar refractivity (Wildman–Crippen MR) is 137 cm³/mol. The summed E-state index contributed by atoms with van der Waals surface area (Å²) in [6.07, 6.45) is 3.48. The Morgan fingerprint density at radius 1 is 1.15 bits per heavy atom. The van der Waals surface area contributed by atoms with Gasteiger partial charge in [-0.2, -0.15) is 5.10 Å². The van der Waals surface area contributed by atoms with Gasteiger partial charge in [0, 0.05) is 23.1 Å². The van der Waals surface area contributed by atoms with Crippen LogP contribution in [-0.4, -0.2) is 32.2 Å². The van der Waals surface area contributed by atoms with Crippen LogP contribution in [0.25, 0.3) is 10.4 Å². The van der Waals surface area contributed by atoms with Crippen molar-refractivity contribution < 1.29 is 14.7 Å². The van der Waals surface area contributed by atoms with Gasteiger partial charge in [-0.1, -0.05) is 28.1 Å². The summed E-state index contributed by atoms with van der Waals surface area (Å²) >= 11 is 5.87. The van der Waals surface area contributed by atoms with E-state index in [1.54, 1.807) is 35.3 Å². The largest absolute Gasteiger partial charge is 0.506 e. The maximum Gasteiger partial charge on any atom is 0.281 e. The van der Waals surface area contributed by atoms with Crippen molar-refractivity contribution in [1.29, 1.82) is 0 Å². The number of rotatable bonds is 7. The van der Waals surface area contributed by atoms with Crippen molar-refractivity contribution in [1.82, 2.24) is 20.3 Å². The van der Waals surface area contributed by atoms with Crippen molar-refractivity contribution in [3.8, 4) is 16.2 Å². The Labute approximate surface area is 212 Å². The fraction of sp³-hybridized carbons (Fsp3) is 0.130. The summed E-state index contributed by atoms with van der Waals surface area (Å²) in [5.74, 6) is -0.597. The molecule has 3 heterocycles. The molecule has 3 aromatic heterocycles. The van der Waals surface area contributed by atoms with Crippen LogP contribution in [0.2, 0.25) is 0 Å². The van der Waals surface area contributed by atoms with E-state index in [1.807, 2.05) is 37.5 Å². The highest BCUT2D eigenvalue weighted by molar-refractivity contribution is 9.10. The van der Waals surface area contributed by atoms with Crippen LogP contribution in [0.1, 0.15) is 37.5 Å². The Morgan fingerprint density at radius 3 is 2.53 bits per heavy atom. The topological polar surface area (TPSA) is 109 Å². The van der Waals surface area contributed by atoms with E-state index in [-0.39, 0.29) is 11.7 Å². The van der Waals surface area contributed by atoms with Crippen LogP contribution in [0.5, 0.6) is 5.75 Å². The summed E-state index contributed by atoms with van der Waals surface area (Å²) in [4.78, 5) is 30.5. The number of thiophene rings is 2. The first-order valence-electron chi connectivity index (χ1n) is 10.1. The van der Waals surface area contributed by atoms with Crippen LogP contribution >= 0.6 is 38.6 Å². The molecule has 4 aromatic rings. The molecule has 0 unspecified atom stereocenters. The Morgan fingerprint density at radius 2 is 1.85 bits per heavy atom. The van der Waals surface area contributed by atoms with Gasteiger partial charge < -0.3 is 15.0 Å². The third-order valence-corrected chi connectivity index (χ3v) is 7.46. The average Bonchev–Trinajstić information content (AvgIpc) is 3.56. The standard InChI is InChI=1S/C23H20BrN5O3S2/c1-13(17-11-33-21(20(17)30)14-3-5-15(24)6-4-14)27-28-23(32)19-8-7-18(34-19)22(31)25-9-16-10-29(2)12-26-16/h3-8,10-12,30H,9H2,1-2H3,(H,25,31)(H,28,32). The maximum absolute atomic E-state index is 12.5. The van der Waals surface area contributed by atoms with Gasteiger partial charge in [-0.25, -0.2) is 10.4 Å². The van der Waals surface area contributed by atoms with Gasteiger partial charge in [-0.05, 0) is 36.8 Å². The lowest BCUT2D eigenvalue weighted by Crippen LogP contribution is -2.22.